The van der Waals surface area contributed by atoms with Crippen LogP contribution in [-0.4, -0.2) is 24.9 Å². The minimum Gasteiger partial charge on any atom is -0.399 e. The van der Waals surface area contributed by atoms with E-state index in [9.17, 15) is 9.59 Å². The standard InChI is InChI=1S/C15H21N3O2/c1-11(2)9-17-15(20)10-18-14(19)8-5-12-3-6-13(16)7-4-12/h3-8,11H,9-10,16H2,1-2H3,(H,17,20)(H,18,19)/b8-5+. The van der Waals surface area contributed by atoms with Gasteiger partial charge in [-0.1, -0.05) is 26.0 Å². The molecule has 0 aliphatic heterocycles. The zero-order valence-corrected chi connectivity index (χ0v) is 11.8. The van der Waals surface area contributed by atoms with Crippen LogP contribution >= 0.6 is 0 Å². The number of amides is 2. The van der Waals surface area contributed by atoms with Crippen molar-refractivity contribution in [1.82, 2.24) is 10.6 Å². The highest BCUT2D eigenvalue weighted by Crippen LogP contribution is 2.06. The first-order valence-corrected chi connectivity index (χ1v) is 6.55. The molecule has 0 unspecified atom stereocenters. The molecule has 0 heterocycles. The van der Waals surface area contributed by atoms with Crippen LogP contribution in [0.5, 0.6) is 0 Å². The lowest BCUT2D eigenvalue weighted by Crippen LogP contribution is -2.37. The van der Waals surface area contributed by atoms with E-state index in [2.05, 4.69) is 10.6 Å². The van der Waals surface area contributed by atoms with E-state index in [4.69, 9.17) is 5.73 Å². The first-order valence-electron chi connectivity index (χ1n) is 6.55. The number of nitrogen functional groups attached to an aromatic ring is 1. The monoisotopic (exact) mass is 275 g/mol. The van der Waals surface area contributed by atoms with Gasteiger partial charge in [-0.05, 0) is 29.7 Å². The zero-order valence-electron chi connectivity index (χ0n) is 11.8. The number of nitrogens with one attached hydrogen (secondary N) is 2. The molecule has 2 amide bonds. The lowest BCUT2D eigenvalue weighted by molar-refractivity contribution is -0.124. The summed E-state index contributed by atoms with van der Waals surface area (Å²) >= 11 is 0. The van der Waals surface area contributed by atoms with Gasteiger partial charge in [-0.2, -0.15) is 0 Å². The largest absolute Gasteiger partial charge is 0.399 e. The number of carbonyl (C=O) groups is 2. The number of rotatable bonds is 6. The predicted octanol–water partition coefficient (Wildman–Crippen LogP) is 1.17. The first-order chi connectivity index (χ1) is 9.47. The van der Waals surface area contributed by atoms with Crippen LogP contribution in [-0.2, 0) is 9.59 Å². The molecule has 0 spiro atoms. The van der Waals surface area contributed by atoms with Crippen molar-refractivity contribution in [2.75, 3.05) is 18.8 Å². The van der Waals surface area contributed by atoms with E-state index in [0.29, 0.717) is 18.2 Å². The van der Waals surface area contributed by atoms with Crippen LogP contribution in [0.3, 0.4) is 0 Å². The summed E-state index contributed by atoms with van der Waals surface area (Å²) in [6.45, 7) is 4.61. The number of anilines is 1. The third-order valence-corrected chi connectivity index (χ3v) is 2.49. The Morgan fingerprint density at radius 2 is 1.85 bits per heavy atom. The van der Waals surface area contributed by atoms with Crippen LogP contribution < -0.4 is 16.4 Å². The molecule has 0 atom stereocenters. The number of carbonyl (C=O) groups excluding carboxylic acids is 2. The number of nitrogens with two attached hydrogens (primary N) is 1. The molecule has 1 aromatic carbocycles. The molecule has 1 aromatic rings. The molecule has 0 saturated heterocycles. The van der Waals surface area contributed by atoms with Crippen molar-refractivity contribution in [2.45, 2.75) is 13.8 Å². The number of hydrogen-bond acceptors (Lipinski definition) is 3. The predicted molar refractivity (Wildman–Crippen MR) is 80.7 cm³/mol. The van der Waals surface area contributed by atoms with E-state index in [-0.39, 0.29) is 18.4 Å². The van der Waals surface area contributed by atoms with Crippen molar-refractivity contribution in [3.8, 4) is 0 Å². The third-order valence-electron chi connectivity index (χ3n) is 2.49. The second-order valence-corrected chi connectivity index (χ2v) is 4.92. The first kappa shape index (κ1) is 15.8. The SMILES string of the molecule is CC(C)CNC(=O)CNC(=O)/C=C/c1ccc(N)cc1. The molecular weight excluding hydrogens is 254 g/mol. The lowest BCUT2D eigenvalue weighted by Gasteiger charge is -2.07. The van der Waals surface area contributed by atoms with E-state index in [1.54, 1.807) is 18.2 Å². The minimum absolute atomic E-state index is 0.0162. The molecular formula is C15H21N3O2. The van der Waals surface area contributed by atoms with Crippen molar-refractivity contribution in [2.24, 2.45) is 5.92 Å². The highest BCUT2D eigenvalue weighted by atomic mass is 16.2. The Morgan fingerprint density at radius 1 is 1.20 bits per heavy atom. The van der Waals surface area contributed by atoms with Crippen LogP contribution in [0, 0.1) is 5.92 Å². The highest BCUT2D eigenvalue weighted by Gasteiger charge is 2.03. The van der Waals surface area contributed by atoms with Crippen molar-refractivity contribution in [1.29, 1.82) is 0 Å². The summed E-state index contributed by atoms with van der Waals surface area (Å²) in [7, 11) is 0. The Morgan fingerprint density at radius 3 is 2.45 bits per heavy atom. The molecule has 0 saturated carbocycles. The third kappa shape index (κ3) is 6.58. The smallest absolute Gasteiger partial charge is 0.244 e. The molecule has 20 heavy (non-hydrogen) atoms. The minimum atomic E-state index is -0.304. The van der Waals surface area contributed by atoms with E-state index in [1.807, 2.05) is 26.0 Å². The highest BCUT2D eigenvalue weighted by molar-refractivity contribution is 5.94. The average molecular weight is 275 g/mol. The quantitative estimate of drug-likeness (QED) is 0.538. The van der Waals surface area contributed by atoms with Gasteiger partial charge in [0.25, 0.3) is 0 Å². The Labute approximate surface area is 119 Å². The fraction of sp³-hybridized carbons (Fsp3) is 0.333. The summed E-state index contributed by atoms with van der Waals surface area (Å²) in [6.07, 6.45) is 3.06. The van der Waals surface area contributed by atoms with Gasteiger partial charge in [-0.15, -0.1) is 0 Å². The van der Waals surface area contributed by atoms with Gasteiger partial charge in [-0.25, -0.2) is 0 Å². The average Bonchev–Trinajstić information content (AvgIpc) is 2.42. The van der Waals surface area contributed by atoms with Gasteiger partial charge < -0.3 is 16.4 Å². The summed E-state index contributed by atoms with van der Waals surface area (Å²) in [5.74, 6) is -0.102. The van der Waals surface area contributed by atoms with Crippen molar-refractivity contribution >= 4 is 23.6 Å². The Balaban J connectivity index is 2.33. The Hall–Kier alpha value is -2.30. The molecule has 0 fully saturated rings. The molecule has 0 aromatic heterocycles. The van der Waals surface area contributed by atoms with Gasteiger partial charge in [0.1, 0.15) is 0 Å². The summed E-state index contributed by atoms with van der Waals surface area (Å²) in [5, 5.41) is 5.25. The van der Waals surface area contributed by atoms with E-state index in [0.717, 1.165) is 5.56 Å². The number of hydrogen-bond donors (Lipinski definition) is 3. The molecule has 0 bridgehead atoms. The molecule has 4 N–H and O–H groups in total. The van der Waals surface area contributed by atoms with Crippen LogP contribution in [0.15, 0.2) is 30.3 Å². The van der Waals surface area contributed by atoms with E-state index in [1.165, 1.54) is 6.08 Å². The van der Waals surface area contributed by atoms with Crippen molar-refractivity contribution in [3.05, 3.63) is 35.9 Å². The maximum Gasteiger partial charge on any atom is 0.244 e. The van der Waals surface area contributed by atoms with Crippen LogP contribution in [0.4, 0.5) is 5.69 Å². The summed E-state index contributed by atoms with van der Waals surface area (Å²) in [6, 6.07) is 7.15. The number of benzene rings is 1. The normalized spacial score (nSPS) is 10.8. The maximum absolute atomic E-state index is 11.5. The summed E-state index contributed by atoms with van der Waals surface area (Å²) in [4.78, 5) is 22.9. The molecule has 0 radical (unpaired) electrons. The molecule has 5 heteroatoms. The second kappa shape index (κ2) is 7.99. The molecule has 1 rings (SSSR count). The second-order valence-electron chi connectivity index (χ2n) is 4.92. The van der Waals surface area contributed by atoms with Gasteiger partial charge in [-0.3, -0.25) is 9.59 Å². The van der Waals surface area contributed by atoms with Crippen LogP contribution in [0.25, 0.3) is 6.08 Å². The molecule has 0 aliphatic carbocycles. The lowest BCUT2D eigenvalue weighted by atomic mass is 10.2. The van der Waals surface area contributed by atoms with Gasteiger partial charge in [0.15, 0.2) is 0 Å². The van der Waals surface area contributed by atoms with Crippen LogP contribution in [0.1, 0.15) is 19.4 Å². The fourth-order valence-corrected chi connectivity index (χ4v) is 1.39. The molecule has 5 nitrogen and oxygen atoms in total. The van der Waals surface area contributed by atoms with Gasteiger partial charge in [0.2, 0.25) is 11.8 Å². The van der Waals surface area contributed by atoms with E-state index < -0.39 is 0 Å². The Bertz CT molecular complexity index is 478. The zero-order chi connectivity index (χ0) is 15.0. The summed E-state index contributed by atoms with van der Waals surface area (Å²) < 4.78 is 0. The topological polar surface area (TPSA) is 84.2 Å². The summed E-state index contributed by atoms with van der Waals surface area (Å²) in [5.41, 5.74) is 7.11. The van der Waals surface area contributed by atoms with Crippen molar-refractivity contribution < 1.29 is 9.59 Å². The Kier molecular flexibility index (Phi) is 6.29. The molecule has 108 valence electrons. The fourth-order valence-electron chi connectivity index (χ4n) is 1.39. The van der Waals surface area contributed by atoms with Gasteiger partial charge in [0.05, 0.1) is 6.54 Å². The molecule has 0 aliphatic rings. The van der Waals surface area contributed by atoms with Gasteiger partial charge in [0, 0.05) is 18.3 Å². The maximum atomic E-state index is 11.5. The van der Waals surface area contributed by atoms with Crippen molar-refractivity contribution in [3.63, 3.8) is 0 Å². The van der Waals surface area contributed by atoms with E-state index >= 15 is 0 Å². The van der Waals surface area contributed by atoms with Gasteiger partial charge >= 0.3 is 0 Å². The van der Waals surface area contributed by atoms with Crippen LogP contribution in [0.2, 0.25) is 0 Å².